The minimum absolute atomic E-state index is 0.339. The van der Waals surface area contributed by atoms with Gasteiger partial charge in [0.1, 0.15) is 5.76 Å². The molecule has 0 fully saturated rings. The highest BCUT2D eigenvalue weighted by Gasteiger charge is 2.38. The van der Waals surface area contributed by atoms with Gasteiger partial charge in [0.05, 0.1) is 11.9 Å². The van der Waals surface area contributed by atoms with Crippen LogP contribution in [0.3, 0.4) is 0 Å². The summed E-state index contributed by atoms with van der Waals surface area (Å²) in [6, 6.07) is 15.6. The maximum atomic E-state index is 13.3. The Morgan fingerprint density at radius 2 is 1.82 bits per heavy atom. The Morgan fingerprint density at radius 1 is 1.09 bits per heavy atom. The Bertz CT molecular complexity index is 778. The van der Waals surface area contributed by atoms with Crippen molar-refractivity contribution in [3.63, 3.8) is 0 Å². The van der Waals surface area contributed by atoms with Crippen molar-refractivity contribution in [2.75, 3.05) is 6.61 Å². The number of aryl methyl sites for hydroxylation is 1. The van der Waals surface area contributed by atoms with Crippen LogP contribution in [-0.2, 0) is 13.6 Å². The molecule has 0 spiro atoms. The molecule has 0 saturated heterocycles. The van der Waals surface area contributed by atoms with Crippen LogP contribution in [-0.4, -0.2) is 6.61 Å². The molecule has 4 heteroatoms. The van der Waals surface area contributed by atoms with Gasteiger partial charge in [0.15, 0.2) is 0 Å². The number of benzene rings is 2. The van der Waals surface area contributed by atoms with Crippen LogP contribution in [0.5, 0.6) is 0 Å². The van der Waals surface area contributed by atoms with Crippen LogP contribution in [0.15, 0.2) is 48.5 Å². The van der Waals surface area contributed by atoms with Crippen LogP contribution in [0.25, 0.3) is 11.3 Å². The van der Waals surface area contributed by atoms with Crippen molar-refractivity contribution in [1.29, 1.82) is 0 Å². The van der Waals surface area contributed by atoms with Gasteiger partial charge in [-0.2, -0.15) is 0 Å². The third-order valence-corrected chi connectivity index (χ3v) is 5.72. The van der Waals surface area contributed by atoms with E-state index in [1.54, 1.807) is 0 Å². The smallest absolute Gasteiger partial charge is 0.411 e. The van der Waals surface area contributed by atoms with E-state index in [0.717, 1.165) is 22.3 Å². The lowest BCUT2D eigenvalue weighted by Crippen LogP contribution is -2.20. The third kappa shape index (κ3) is 2.51. The maximum Gasteiger partial charge on any atom is 0.411 e. The normalized spacial score (nSPS) is 20.5. The average molecular weight is 314 g/mol. The minimum Gasteiger partial charge on any atom is -0.420 e. The van der Waals surface area contributed by atoms with E-state index in [0.29, 0.717) is 17.7 Å². The minimum atomic E-state index is -3.35. The molecular formula is C18H19O3P. The Balaban J connectivity index is 2.24. The average Bonchev–Trinajstić information content (AvgIpc) is 2.52. The van der Waals surface area contributed by atoms with Gasteiger partial charge in [-0.15, -0.1) is 0 Å². The second kappa shape index (κ2) is 5.75. The fourth-order valence-corrected chi connectivity index (χ4v) is 4.68. The highest BCUT2D eigenvalue weighted by molar-refractivity contribution is 7.62. The summed E-state index contributed by atoms with van der Waals surface area (Å²) in [6.45, 7) is 6.13. The van der Waals surface area contributed by atoms with Gasteiger partial charge in [0, 0.05) is 11.1 Å². The van der Waals surface area contributed by atoms with Gasteiger partial charge in [-0.05, 0) is 32.4 Å². The largest absolute Gasteiger partial charge is 0.420 e. The molecule has 1 unspecified atom stereocenters. The molecule has 2 aromatic rings. The lowest BCUT2D eigenvalue weighted by atomic mass is 10.0. The molecule has 1 heterocycles. The zero-order valence-electron chi connectivity index (χ0n) is 13.0. The highest BCUT2D eigenvalue weighted by Crippen LogP contribution is 2.56. The molecule has 3 rings (SSSR count). The van der Waals surface area contributed by atoms with Crippen LogP contribution in [0.1, 0.15) is 30.5 Å². The first kappa shape index (κ1) is 15.1. The van der Waals surface area contributed by atoms with E-state index in [4.69, 9.17) is 9.05 Å². The van der Waals surface area contributed by atoms with Crippen LogP contribution >= 0.6 is 7.60 Å². The molecule has 0 aromatic heterocycles. The Kier molecular flexibility index (Phi) is 3.94. The topological polar surface area (TPSA) is 35.5 Å². The monoisotopic (exact) mass is 314 g/mol. The molecule has 2 aromatic carbocycles. The Hall–Kier alpha value is -1.83. The van der Waals surface area contributed by atoms with Crippen molar-refractivity contribution in [3.8, 4) is 0 Å². The van der Waals surface area contributed by atoms with E-state index < -0.39 is 7.60 Å². The van der Waals surface area contributed by atoms with E-state index in [9.17, 15) is 4.57 Å². The molecule has 114 valence electrons. The standard InChI is InChI=1S/C18H19O3P/c1-4-20-22(19)17-12-13(2)10-11-16(17)14(3)18(21-22)15-8-6-5-7-9-15/h5-12H,4H2,1-3H3. The van der Waals surface area contributed by atoms with Crippen molar-refractivity contribution in [1.82, 2.24) is 0 Å². The van der Waals surface area contributed by atoms with Crippen LogP contribution < -0.4 is 5.30 Å². The zero-order valence-corrected chi connectivity index (χ0v) is 13.9. The fraction of sp³-hybridized carbons (Fsp3) is 0.222. The van der Waals surface area contributed by atoms with Gasteiger partial charge in [0.2, 0.25) is 0 Å². The van der Waals surface area contributed by atoms with Gasteiger partial charge < -0.3 is 4.52 Å². The fourth-order valence-electron chi connectivity index (χ4n) is 2.67. The maximum absolute atomic E-state index is 13.3. The van der Waals surface area contributed by atoms with Crippen LogP contribution in [0, 0.1) is 6.92 Å². The molecule has 1 atom stereocenters. The summed E-state index contributed by atoms with van der Waals surface area (Å²) in [5.41, 5.74) is 3.87. The quantitative estimate of drug-likeness (QED) is 0.766. The number of fused-ring (bicyclic) bond motifs is 1. The lowest BCUT2D eigenvalue weighted by molar-refractivity contribution is 0.279. The second-order valence-electron chi connectivity index (χ2n) is 5.35. The third-order valence-electron chi connectivity index (χ3n) is 3.74. The Morgan fingerprint density at radius 3 is 2.50 bits per heavy atom. The Labute approximate surface area is 131 Å². The number of hydrogen-bond acceptors (Lipinski definition) is 3. The summed E-state index contributed by atoms with van der Waals surface area (Å²) >= 11 is 0. The number of allylic oxidation sites excluding steroid dienone is 1. The van der Waals surface area contributed by atoms with E-state index in [-0.39, 0.29) is 0 Å². The van der Waals surface area contributed by atoms with E-state index in [1.807, 2.05) is 69.3 Å². The molecule has 22 heavy (non-hydrogen) atoms. The predicted molar refractivity (Wildman–Crippen MR) is 90.1 cm³/mol. The summed E-state index contributed by atoms with van der Waals surface area (Å²) in [6.07, 6.45) is 0. The molecule has 1 aliphatic rings. The first-order valence-electron chi connectivity index (χ1n) is 7.37. The molecule has 0 saturated carbocycles. The highest BCUT2D eigenvalue weighted by atomic mass is 31.2. The van der Waals surface area contributed by atoms with Crippen molar-refractivity contribution in [2.24, 2.45) is 0 Å². The summed E-state index contributed by atoms with van der Waals surface area (Å²) in [4.78, 5) is 0. The first-order valence-corrected chi connectivity index (χ1v) is 8.91. The van der Waals surface area contributed by atoms with E-state index in [2.05, 4.69) is 0 Å². The summed E-state index contributed by atoms with van der Waals surface area (Å²) in [5.74, 6) is 0.633. The van der Waals surface area contributed by atoms with Gasteiger partial charge in [0.25, 0.3) is 0 Å². The lowest BCUT2D eigenvalue weighted by Gasteiger charge is -2.29. The van der Waals surface area contributed by atoms with Gasteiger partial charge in [-0.1, -0.05) is 48.0 Å². The molecule has 1 aliphatic heterocycles. The van der Waals surface area contributed by atoms with Gasteiger partial charge in [-0.3, -0.25) is 4.52 Å². The second-order valence-corrected chi connectivity index (χ2v) is 7.26. The molecule has 0 amide bonds. The molecule has 3 nitrogen and oxygen atoms in total. The van der Waals surface area contributed by atoms with Gasteiger partial charge >= 0.3 is 7.60 Å². The SMILES string of the molecule is CCOP1(=O)OC(c2ccccc2)=C(C)c2ccc(C)cc21. The number of hydrogen-bond donors (Lipinski definition) is 0. The van der Waals surface area contributed by atoms with E-state index in [1.165, 1.54) is 0 Å². The first-order chi connectivity index (χ1) is 10.5. The van der Waals surface area contributed by atoms with Crippen LogP contribution in [0.2, 0.25) is 0 Å². The van der Waals surface area contributed by atoms with Crippen LogP contribution in [0.4, 0.5) is 0 Å². The summed E-state index contributed by atoms with van der Waals surface area (Å²) in [5, 5.41) is 0.659. The molecule has 0 radical (unpaired) electrons. The predicted octanol–water partition coefficient (Wildman–Crippen LogP) is 4.77. The van der Waals surface area contributed by atoms with Crippen molar-refractivity contribution in [2.45, 2.75) is 20.8 Å². The molecule has 0 bridgehead atoms. The van der Waals surface area contributed by atoms with Crippen molar-refractivity contribution in [3.05, 3.63) is 65.2 Å². The van der Waals surface area contributed by atoms with E-state index >= 15 is 0 Å². The molecule has 0 N–H and O–H groups in total. The number of rotatable bonds is 3. The molecule has 0 aliphatic carbocycles. The summed E-state index contributed by atoms with van der Waals surface area (Å²) in [7, 11) is -3.35. The van der Waals surface area contributed by atoms with Crippen molar-refractivity contribution < 1.29 is 13.6 Å². The zero-order chi connectivity index (χ0) is 15.7. The van der Waals surface area contributed by atoms with Crippen molar-refractivity contribution >= 4 is 24.2 Å². The molecular weight excluding hydrogens is 295 g/mol. The van der Waals surface area contributed by atoms with Gasteiger partial charge in [-0.25, -0.2) is 4.57 Å². The summed E-state index contributed by atoms with van der Waals surface area (Å²) < 4.78 is 24.7.